The van der Waals surface area contributed by atoms with Crippen LogP contribution in [0.5, 0.6) is 0 Å². The van der Waals surface area contributed by atoms with Crippen LogP contribution < -0.4 is 5.32 Å². The maximum Gasteiger partial charge on any atom is 0.0280 e. The van der Waals surface area contributed by atoms with Crippen LogP contribution in [0.1, 0.15) is 26.7 Å². The molecule has 1 aliphatic rings. The van der Waals surface area contributed by atoms with Crippen LogP contribution in [-0.4, -0.2) is 48.6 Å². The predicted molar refractivity (Wildman–Crippen MR) is 66.1 cm³/mol. The van der Waals surface area contributed by atoms with Crippen molar-refractivity contribution in [3.05, 3.63) is 0 Å². The van der Waals surface area contributed by atoms with E-state index in [2.05, 4.69) is 37.4 Å². The average Bonchev–Trinajstić information content (AvgIpc) is 2.52. The summed E-state index contributed by atoms with van der Waals surface area (Å²) in [6.07, 6.45) is 4.84. The molecule has 0 aromatic rings. The molecular weight excluding hydrogens is 192 g/mol. The first-order valence-corrected chi connectivity index (χ1v) is 6.91. The minimum Gasteiger partial charge on any atom is -0.310 e. The molecule has 1 aliphatic heterocycles. The Morgan fingerprint density at radius 2 is 2.29 bits per heavy atom. The Kier molecular flexibility index (Phi) is 4.74. The third-order valence-corrected chi connectivity index (χ3v) is 4.03. The van der Waals surface area contributed by atoms with E-state index in [-0.39, 0.29) is 0 Å². The van der Waals surface area contributed by atoms with Crippen molar-refractivity contribution in [2.24, 2.45) is 0 Å². The summed E-state index contributed by atoms with van der Waals surface area (Å²) in [6.45, 7) is 7.03. The molecule has 0 amide bonds. The van der Waals surface area contributed by atoms with Crippen LogP contribution in [0.15, 0.2) is 0 Å². The molecule has 0 aliphatic carbocycles. The summed E-state index contributed by atoms with van der Waals surface area (Å²) >= 11 is 1.93. The van der Waals surface area contributed by atoms with E-state index < -0.39 is 0 Å². The van der Waals surface area contributed by atoms with Gasteiger partial charge in [-0.2, -0.15) is 11.8 Å². The van der Waals surface area contributed by atoms with Gasteiger partial charge in [0.2, 0.25) is 0 Å². The zero-order valence-electron chi connectivity index (χ0n) is 9.97. The summed E-state index contributed by atoms with van der Waals surface area (Å²) in [5.74, 6) is 1.23. The lowest BCUT2D eigenvalue weighted by molar-refractivity contribution is 0.205. The second-order valence-electron chi connectivity index (χ2n) is 4.81. The third-order valence-electron chi connectivity index (χ3n) is 3.22. The lowest BCUT2D eigenvalue weighted by Gasteiger charge is -2.33. The third kappa shape index (κ3) is 3.44. The van der Waals surface area contributed by atoms with Gasteiger partial charge in [-0.3, -0.25) is 0 Å². The highest BCUT2D eigenvalue weighted by molar-refractivity contribution is 7.98. The molecule has 0 aromatic carbocycles. The van der Waals surface area contributed by atoms with E-state index in [4.69, 9.17) is 0 Å². The van der Waals surface area contributed by atoms with Crippen LogP contribution in [0.4, 0.5) is 0 Å². The lowest BCUT2D eigenvalue weighted by Crippen LogP contribution is -2.49. The van der Waals surface area contributed by atoms with Crippen LogP contribution >= 0.6 is 11.8 Å². The van der Waals surface area contributed by atoms with E-state index in [0.717, 1.165) is 0 Å². The van der Waals surface area contributed by atoms with Gasteiger partial charge in [0.25, 0.3) is 0 Å². The standard InChI is InChI=1S/C11H24N2S/c1-10(8-14-4)13(3)9-11(2)6-5-7-12-11/h10,12H,5-9H2,1-4H3. The zero-order valence-corrected chi connectivity index (χ0v) is 10.8. The van der Waals surface area contributed by atoms with Gasteiger partial charge in [-0.25, -0.2) is 0 Å². The first-order valence-electron chi connectivity index (χ1n) is 5.51. The van der Waals surface area contributed by atoms with Gasteiger partial charge in [0.1, 0.15) is 0 Å². The van der Waals surface area contributed by atoms with Crippen LogP contribution in [0.25, 0.3) is 0 Å². The largest absolute Gasteiger partial charge is 0.310 e. The number of thioether (sulfide) groups is 1. The Hall–Kier alpha value is 0.270. The zero-order chi connectivity index (χ0) is 10.6. The number of nitrogens with zero attached hydrogens (tertiary/aromatic N) is 1. The summed E-state index contributed by atoms with van der Waals surface area (Å²) < 4.78 is 0. The van der Waals surface area contributed by atoms with Crippen molar-refractivity contribution in [2.45, 2.75) is 38.3 Å². The normalized spacial score (nSPS) is 29.8. The van der Waals surface area contributed by atoms with Gasteiger partial charge < -0.3 is 10.2 Å². The molecule has 84 valence electrons. The SMILES string of the molecule is CSCC(C)N(C)CC1(C)CCCN1. The molecule has 14 heavy (non-hydrogen) atoms. The summed E-state index contributed by atoms with van der Waals surface area (Å²) in [7, 11) is 2.24. The number of rotatable bonds is 5. The first kappa shape index (κ1) is 12.3. The van der Waals surface area contributed by atoms with Crippen LogP contribution in [0, 0.1) is 0 Å². The fourth-order valence-corrected chi connectivity index (χ4v) is 2.90. The Labute approximate surface area is 92.8 Å². The molecule has 2 nitrogen and oxygen atoms in total. The Morgan fingerprint density at radius 3 is 2.79 bits per heavy atom. The van der Waals surface area contributed by atoms with Gasteiger partial charge in [0.05, 0.1) is 0 Å². The minimum atomic E-state index is 0.363. The van der Waals surface area contributed by atoms with Gasteiger partial charge >= 0.3 is 0 Å². The van der Waals surface area contributed by atoms with Crippen molar-refractivity contribution in [1.82, 2.24) is 10.2 Å². The predicted octanol–water partition coefficient (Wildman–Crippen LogP) is 1.81. The molecule has 1 saturated heterocycles. The van der Waals surface area contributed by atoms with Crippen molar-refractivity contribution < 1.29 is 0 Å². The topological polar surface area (TPSA) is 15.3 Å². The molecule has 3 heteroatoms. The molecule has 0 spiro atoms. The average molecular weight is 216 g/mol. The minimum absolute atomic E-state index is 0.363. The molecule has 0 radical (unpaired) electrons. The molecule has 0 bridgehead atoms. The smallest absolute Gasteiger partial charge is 0.0280 e. The molecule has 1 N–H and O–H groups in total. The van der Waals surface area contributed by atoms with E-state index >= 15 is 0 Å². The van der Waals surface area contributed by atoms with Crippen molar-refractivity contribution in [3.8, 4) is 0 Å². The van der Waals surface area contributed by atoms with E-state index in [1.165, 1.54) is 31.7 Å². The summed E-state index contributed by atoms with van der Waals surface area (Å²) in [4.78, 5) is 2.48. The number of nitrogens with one attached hydrogen (secondary N) is 1. The highest BCUT2D eigenvalue weighted by atomic mass is 32.2. The number of hydrogen-bond acceptors (Lipinski definition) is 3. The summed E-state index contributed by atoms with van der Waals surface area (Å²) in [5, 5.41) is 3.61. The molecule has 1 fully saturated rings. The van der Waals surface area contributed by atoms with E-state index in [1.807, 2.05) is 11.8 Å². The van der Waals surface area contributed by atoms with E-state index in [0.29, 0.717) is 11.6 Å². The maximum atomic E-state index is 3.61. The van der Waals surface area contributed by atoms with Gasteiger partial charge in [-0.1, -0.05) is 0 Å². The molecule has 2 atom stereocenters. The van der Waals surface area contributed by atoms with Gasteiger partial charge in [0, 0.05) is 23.9 Å². The first-order chi connectivity index (χ1) is 6.57. The van der Waals surface area contributed by atoms with Crippen molar-refractivity contribution >= 4 is 11.8 Å². The number of hydrogen-bond donors (Lipinski definition) is 1. The van der Waals surface area contributed by atoms with Crippen molar-refractivity contribution in [2.75, 3.05) is 32.1 Å². The van der Waals surface area contributed by atoms with E-state index in [1.54, 1.807) is 0 Å². The van der Waals surface area contributed by atoms with Gasteiger partial charge in [0.15, 0.2) is 0 Å². The second-order valence-corrected chi connectivity index (χ2v) is 5.72. The maximum absolute atomic E-state index is 3.61. The van der Waals surface area contributed by atoms with Crippen LogP contribution in [0.3, 0.4) is 0 Å². The Bertz CT molecular complexity index is 167. The Balaban J connectivity index is 2.34. The highest BCUT2D eigenvalue weighted by Gasteiger charge is 2.30. The molecule has 0 aromatic heterocycles. The molecular formula is C11H24N2S. The van der Waals surface area contributed by atoms with Crippen LogP contribution in [-0.2, 0) is 0 Å². The molecule has 1 heterocycles. The number of likely N-dealkylation sites (N-methyl/N-ethyl adjacent to an activating group) is 1. The summed E-state index contributed by atoms with van der Waals surface area (Å²) in [6, 6.07) is 0.684. The fraction of sp³-hybridized carbons (Fsp3) is 1.00. The monoisotopic (exact) mass is 216 g/mol. The van der Waals surface area contributed by atoms with Crippen molar-refractivity contribution in [3.63, 3.8) is 0 Å². The highest BCUT2D eigenvalue weighted by Crippen LogP contribution is 2.20. The second kappa shape index (κ2) is 5.38. The van der Waals surface area contributed by atoms with Gasteiger partial charge in [-0.15, -0.1) is 0 Å². The molecule has 2 unspecified atom stereocenters. The van der Waals surface area contributed by atoms with Crippen molar-refractivity contribution in [1.29, 1.82) is 0 Å². The van der Waals surface area contributed by atoms with E-state index in [9.17, 15) is 0 Å². The van der Waals surface area contributed by atoms with Crippen LogP contribution in [0.2, 0.25) is 0 Å². The van der Waals surface area contributed by atoms with Gasteiger partial charge in [-0.05, 0) is 46.5 Å². The quantitative estimate of drug-likeness (QED) is 0.754. The molecule has 0 saturated carbocycles. The molecule has 1 rings (SSSR count). The Morgan fingerprint density at radius 1 is 1.57 bits per heavy atom. The summed E-state index contributed by atoms with van der Waals surface area (Å²) in [5.41, 5.74) is 0.363. The fourth-order valence-electron chi connectivity index (χ4n) is 2.17. The lowest BCUT2D eigenvalue weighted by atomic mass is 9.99.